The van der Waals surface area contributed by atoms with E-state index in [1.807, 2.05) is 30.3 Å². The number of hydrogen-bond acceptors (Lipinski definition) is 3. The van der Waals surface area contributed by atoms with Crippen molar-refractivity contribution in [3.05, 3.63) is 88.8 Å². The average molecular weight is 382 g/mol. The van der Waals surface area contributed by atoms with Crippen LogP contribution in [0.1, 0.15) is 5.56 Å². The lowest BCUT2D eigenvalue weighted by molar-refractivity contribution is -0.137. The zero-order valence-corrected chi connectivity index (χ0v) is 14.3. The van der Waals surface area contributed by atoms with Gasteiger partial charge in [-0.2, -0.15) is 23.4 Å². The number of alkyl halides is 3. The number of aromatic amines is 1. The molecule has 0 unspecified atom stereocenters. The van der Waals surface area contributed by atoms with Crippen molar-refractivity contribution in [1.29, 1.82) is 0 Å². The lowest BCUT2D eigenvalue weighted by Gasteiger charge is -2.11. The fraction of sp³-hybridized carbons (Fsp3) is 0.0500. The molecule has 0 atom stereocenters. The first kappa shape index (κ1) is 17.7. The third-order valence-electron chi connectivity index (χ3n) is 4.19. The monoisotopic (exact) mass is 382 g/mol. The van der Waals surface area contributed by atoms with E-state index in [1.54, 1.807) is 6.20 Å². The van der Waals surface area contributed by atoms with Gasteiger partial charge in [0.2, 0.25) is 5.43 Å². The summed E-state index contributed by atoms with van der Waals surface area (Å²) < 4.78 is 40.2. The van der Waals surface area contributed by atoms with Gasteiger partial charge >= 0.3 is 6.18 Å². The Kier molecular flexibility index (Phi) is 4.31. The SMILES string of the molecule is O=c1ccn(-c2cccc(C(F)(F)F)c2)nc1-c1c[nH]nc1-c1ccccc1. The minimum Gasteiger partial charge on any atom is -0.287 e. The Bertz CT molecular complexity index is 1180. The first-order chi connectivity index (χ1) is 13.4. The van der Waals surface area contributed by atoms with Crippen LogP contribution < -0.4 is 5.43 Å². The molecule has 2 heterocycles. The molecule has 4 aromatic rings. The van der Waals surface area contributed by atoms with E-state index in [0.29, 0.717) is 11.3 Å². The molecule has 0 fully saturated rings. The van der Waals surface area contributed by atoms with E-state index in [0.717, 1.165) is 17.7 Å². The molecule has 2 aromatic carbocycles. The molecule has 0 amide bonds. The molecule has 4 rings (SSSR count). The van der Waals surface area contributed by atoms with Gasteiger partial charge in [-0.3, -0.25) is 9.89 Å². The quantitative estimate of drug-likeness (QED) is 0.574. The number of nitrogens with one attached hydrogen (secondary N) is 1. The minimum absolute atomic E-state index is 0.0903. The van der Waals surface area contributed by atoms with Crippen molar-refractivity contribution in [3.63, 3.8) is 0 Å². The van der Waals surface area contributed by atoms with Gasteiger partial charge in [0.05, 0.1) is 16.8 Å². The van der Waals surface area contributed by atoms with Crippen LogP contribution in [0.25, 0.3) is 28.2 Å². The second kappa shape index (κ2) is 6.80. The van der Waals surface area contributed by atoms with Crippen LogP contribution >= 0.6 is 0 Å². The van der Waals surface area contributed by atoms with Crippen LogP contribution in [-0.2, 0) is 6.18 Å². The molecule has 0 radical (unpaired) electrons. The zero-order valence-electron chi connectivity index (χ0n) is 14.3. The van der Waals surface area contributed by atoms with Crippen molar-refractivity contribution in [1.82, 2.24) is 20.0 Å². The van der Waals surface area contributed by atoms with E-state index < -0.39 is 11.7 Å². The number of benzene rings is 2. The maximum atomic E-state index is 13.0. The van der Waals surface area contributed by atoms with Crippen LogP contribution in [0.4, 0.5) is 13.2 Å². The highest BCUT2D eigenvalue weighted by molar-refractivity contribution is 5.78. The van der Waals surface area contributed by atoms with Gasteiger partial charge in [-0.15, -0.1) is 0 Å². The highest BCUT2D eigenvalue weighted by Gasteiger charge is 2.30. The van der Waals surface area contributed by atoms with Gasteiger partial charge < -0.3 is 0 Å². The molecule has 0 saturated carbocycles. The highest BCUT2D eigenvalue weighted by atomic mass is 19.4. The summed E-state index contributed by atoms with van der Waals surface area (Å²) in [6.07, 6.45) is -1.59. The van der Waals surface area contributed by atoms with Crippen LogP contribution in [0.5, 0.6) is 0 Å². The first-order valence-corrected chi connectivity index (χ1v) is 8.31. The number of H-pyrrole nitrogens is 1. The van der Waals surface area contributed by atoms with Crippen LogP contribution in [0.3, 0.4) is 0 Å². The molecule has 0 aliphatic heterocycles. The Hall–Kier alpha value is -3.68. The van der Waals surface area contributed by atoms with Gasteiger partial charge in [0.1, 0.15) is 11.4 Å². The van der Waals surface area contributed by atoms with Gasteiger partial charge in [0, 0.05) is 24.0 Å². The number of nitrogens with zero attached hydrogens (tertiary/aromatic N) is 3. The largest absolute Gasteiger partial charge is 0.416 e. The summed E-state index contributed by atoms with van der Waals surface area (Å²) in [5.41, 5.74) is 0.925. The molecular weight excluding hydrogens is 369 g/mol. The normalized spacial score (nSPS) is 11.5. The Morgan fingerprint density at radius 1 is 0.929 bits per heavy atom. The maximum Gasteiger partial charge on any atom is 0.416 e. The van der Waals surface area contributed by atoms with Crippen LogP contribution in [0, 0.1) is 0 Å². The smallest absolute Gasteiger partial charge is 0.287 e. The van der Waals surface area contributed by atoms with Crippen LogP contribution in [-0.4, -0.2) is 20.0 Å². The van der Waals surface area contributed by atoms with Crippen molar-refractivity contribution in [3.8, 4) is 28.2 Å². The second-order valence-electron chi connectivity index (χ2n) is 6.03. The predicted octanol–water partition coefficient (Wildman–Crippen LogP) is 4.31. The van der Waals surface area contributed by atoms with E-state index >= 15 is 0 Å². The van der Waals surface area contributed by atoms with Crippen LogP contribution in [0.15, 0.2) is 77.9 Å². The molecular formula is C20H13F3N4O. The fourth-order valence-electron chi connectivity index (χ4n) is 2.85. The Balaban J connectivity index is 1.83. The average Bonchev–Trinajstić information content (AvgIpc) is 3.18. The summed E-state index contributed by atoms with van der Waals surface area (Å²) in [5.74, 6) is 0. The topological polar surface area (TPSA) is 63.6 Å². The van der Waals surface area contributed by atoms with Gasteiger partial charge in [-0.25, -0.2) is 4.68 Å². The van der Waals surface area contributed by atoms with E-state index in [-0.39, 0.29) is 16.8 Å². The van der Waals surface area contributed by atoms with E-state index in [2.05, 4.69) is 15.3 Å². The molecule has 0 aliphatic rings. The van der Waals surface area contributed by atoms with Crippen molar-refractivity contribution in [2.75, 3.05) is 0 Å². The predicted molar refractivity (Wildman–Crippen MR) is 97.9 cm³/mol. The van der Waals surface area contributed by atoms with Crippen molar-refractivity contribution in [2.24, 2.45) is 0 Å². The molecule has 8 heteroatoms. The van der Waals surface area contributed by atoms with E-state index in [9.17, 15) is 18.0 Å². The van der Waals surface area contributed by atoms with E-state index in [4.69, 9.17) is 0 Å². The maximum absolute atomic E-state index is 13.0. The number of hydrogen-bond donors (Lipinski definition) is 1. The van der Waals surface area contributed by atoms with Gasteiger partial charge in [-0.1, -0.05) is 36.4 Å². The lowest BCUT2D eigenvalue weighted by atomic mass is 10.1. The third kappa shape index (κ3) is 3.32. The molecule has 5 nitrogen and oxygen atoms in total. The third-order valence-corrected chi connectivity index (χ3v) is 4.19. The van der Waals surface area contributed by atoms with Crippen LogP contribution in [0.2, 0.25) is 0 Å². The number of aromatic nitrogens is 4. The van der Waals surface area contributed by atoms with E-state index in [1.165, 1.54) is 29.1 Å². The molecule has 140 valence electrons. The Morgan fingerprint density at radius 2 is 1.71 bits per heavy atom. The standard InChI is InChI=1S/C20H13F3N4O/c21-20(22,23)14-7-4-8-15(11-14)27-10-9-17(28)19(26-27)16-12-24-25-18(16)13-5-2-1-3-6-13/h1-12H,(H,24,25). The fourth-order valence-corrected chi connectivity index (χ4v) is 2.85. The zero-order chi connectivity index (χ0) is 19.7. The summed E-state index contributed by atoms with van der Waals surface area (Å²) in [7, 11) is 0. The summed E-state index contributed by atoms with van der Waals surface area (Å²) in [6.45, 7) is 0. The molecule has 0 aliphatic carbocycles. The molecule has 28 heavy (non-hydrogen) atoms. The van der Waals surface area contributed by atoms with Gasteiger partial charge in [0.25, 0.3) is 0 Å². The molecule has 1 N–H and O–H groups in total. The summed E-state index contributed by atoms with van der Waals surface area (Å²) in [4.78, 5) is 12.4. The van der Waals surface area contributed by atoms with Gasteiger partial charge in [0.15, 0.2) is 0 Å². The minimum atomic E-state index is -4.47. The van der Waals surface area contributed by atoms with Crippen molar-refractivity contribution in [2.45, 2.75) is 6.18 Å². The summed E-state index contributed by atoms with van der Waals surface area (Å²) >= 11 is 0. The lowest BCUT2D eigenvalue weighted by Crippen LogP contribution is -2.13. The highest BCUT2D eigenvalue weighted by Crippen LogP contribution is 2.30. The molecule has 0 bridgehead atoms. The first-order valence-electron chi connectivity index (χ1n) is 8.31. The molecule has 2 aromatic heterocycles. The second-order valence-corrected chi connectivity index (χ2v) is 6.03. The summed E-state index contributed by atoms with van der Waals surface area (Å²) in [5, 5.41) is 11.2. The number of rotatable bonds is 3. The van der Waals surface area contributed by atoms with Gasteiger partial charge in [-0.05, 0) is 18.2 Å². The van der Waals surface area contributed by atoms with Crippen molar-refractivity contribution < 1.29 is 13.2 Å². The summed E-state index contributed by atoms with van der Waals surface area (Å²) in [6, 6.07) is 15.2. The number of halogens is 3. The Morgan fingerprint density at radius 3 is 2.46 bits per heavy atom. The Labute approximate surface area is 157 Å². The van der Waals surface area contributed by atoms with Crippen molar-refractivity contribution >= 4 is 0 Å². The molecule has 0 saturated heterocycles. The molecule has 0 spiro atoms.